The molecule has 0 spiro atoms. The van der Waals surface area contributed by atoms with Gasteiger partial charge in [-0.05, 0) is 24.1 Å². The summed E-state index contributed by atoms with van der Waals surface area (Å²) in [7, 11) is 1.96. The highest BCUT2D eigenvalue weighted by atomic mass is 16.3. The summed E-state index contributed by atoms with van der Waals surface area (Å²) in [4.78, 5) is 4.32. The molecule has 1 heterocycles. The molecule has 2 aromatic rings. The highest BCUT2D eigenvalue weighted by Gasteiger charge is 2.19. The van der Waals surface area contributed by atoms with Crippen LogP contribution in [0.4, 0.5) is 0 Å². The van der Waals surface area contributed by atoms with E-state index in [1.807, 2.05) is 29.8 Å². The number of nitrogens with one attached hydrogen (secondary N) is 1. The number of fused-ring (bicyclic) bond motifs is 1. The van der Waals surface area contributed by atoms with Crippen molar-refractivity contribution in [3.8, 4) is 0 Å². The average Bonchev–Trinajstić information content (AvgIpc) is 2.80. The Balaban J connectivity index is 2.24. The highest BCUT2D eigenvalue weighted by molar-refractivity contribution is 5.76. The van der Waals surface area contributed by atoms with Gasteiger partial charge in [0.05, 0.1) is 23.5 Å². The Kier molecular flexibility index (Phi) is 4.35. The van der Waals surface area contributed by atoms with Crippen LogP contribution in [0.25, 0.3) is 11.0 Å². The van der Waals surface area contributed by atoms with Gasteiger partial charge in [0.2, 0.25) is 0 Å². The van der Waals surface area contributed by atoms with E-state index in [4.69, 9.17) is 0 Å². The van der Waals surface area contributed by atoms with Gasteiger partial charge in [-0.3, -0.25) is 0 Å². The zero-order valence-corrected chi connectivity index (χ0v) is 11.5. The second-order valence-corrected chi connectivity index (χ2v) is 4.76. The fourth-order valence-corrected chi connectivity index (χ4v) is 2.28. The Labute approximate surface area is 113 Å². The molecule has 0 fully saturated rings. The van der Waals surface area contributed by atoms with E-state index in [9.17, 15) is 5.11 Å². The smallest absolute Gasteiger partial charge is 0.0955 e. The van der Waals surface area contributed by atoms with E-state index in [0.29, 0.717) is 6.54 Å². The zero-order chi connectivity index (χ0) is 13.8. The van der Waals surface area contributed by atoms with E-state index in [0.717, 1.165) is 23.0 Å². The van der Waals surface area contributed by atoms with Gasteiger partial charge in [0.25, 0.3) is 0 Å². The van der Waals surface area contributed by atoms with Crippen LogP contribution in [0.2, 0.25) is 0 Å². The molecule has 2 unspecified atom stereocenters. The summed E-state index contributed by atoms with van der Waals surface area (Å²) in [6, 6.07) is 5.95. The largest absolute Gasteiger partial charge is 0.387 e. The summed E-state index contributed by atoms with van der Waals surface area (Å²) in [6.07, 6.45) is 3.91. The molecule has 0 aliphatic heterocycles. The van der Waals surface area contributed by atoms with E-state index >= 15 is 0 Å². The zero-order valence-electron chi connectivity index (χ0n) is 11.5. The van der Waals surface area contributed by atoms with Gasteiger partial charge in [-0.15, -0.1) is 6.58 Å². The number of aryl methyl sites for hydroxylation is 1. The summed E-state index contributed by atoms with van der Waals surface area (Å²) in [6.45, 7) is 6.44. The minimum Gasteiger partial charge on any atom is -0.387 e. The normalized spacial score (nSPS) is 14.5. The highest BCUT2D eigenvalue weighted by Crippen LogP contribution is 2.22. The Morgan fingerprint density at radius 1 is 1.53 bits per heavy atom. The maximum Gasteiger partial charge on any atom is 0.0955 e. The van der Waals surface area contributed by atoms with Crippen LogP contribution in [0.3, 0.4) is 0 Å². The minimum absolute atomic E-state index is 0.0270. The molecule has 0 saturated heterocycles. The molecule has 4 nitrogen and oxygen atoms in total. The standard InChI is InChI=1S/C15H21N3O/c1-4-8-16-12(5-2)15(19)11-6-7-14-13(9-11)17-10-18(14)3/h4,6-7,9-10,12,15-16,19H,1,5,8H2,2-3H3. The van der Waals surface area contributed by atoms with Crippen LogP contribution in [0.15, 0.2) is 37.2 Å². The number of hydrogen-bond acceptors (Lipinski definition) is 3. The van der Waals surface area contributed by atoms with Crippen molar-refractivity contribution in [2.45, 2.75) is 25.5 Å². The Bertz CT molecular complexity index is 562. The molecule has 102 valence electrons. The van der Waals surface area contributed by atoms with Crippen molar-refractivity contribution in [3.05, 3.63) is 42.7 Å². The molecule has 4 heteroatoms. The second-order valence-electron chi connectivity index (χ2n) is 4.76. The van der Waals surface area contributed by atoms with Gasteiger partial charge < -0.3 is 15.0 Å². The number of nitrogens with zero attached hydrogens (tertiary/aromatic N) is 2. The molecule has 0 radical (unpaired) electrons. The van der Waals surface area contributed by atoms with Crippen molar-refractivity contribution < 1.29 is 5.11 Å². The third-order valence-corrected chi connectivity index (χ3v) is 3.44. The van der Waals surface area contributed by atoms with Gasteiger partial charge in [0.1, 0.15) is 0 Å². The number of aliphatic hydroxyl groups excluding tert-OH is 1. The van der Waals surface area contributed by atoms with E-state index in [1.54, 1.807) is 12.4 Å². The van der Waals surface area contributed by atoms with E-state index in [1.165, 1.54) is 0 Å². The quantitative estimate of drug-likeness (QED) is 0.782. The van der Waals surface area contributed by atoms with E-state index < -0.39 is 6.10 Å². The third-order valence-electron chi connectivity index (χ3n) is 3.44. The van der Waals surface area contributed by atoms with Crippen molar-refractivity contribution in [2.75, 3.05) is 6.54 Å². The molecule has 1 aromatic heterocycles. The Morgan fingerprint density at radius 3 is 3.00 bits per heavy atom. The van der Waals surface area contributed by atoms with Gasteiger partial charge >= 0.3 is 0 Å². The fraction of sp³-hybridized carbons (Fsp3) is 0.400. The first kappa shape index (κ1) is 13.8. The van der Waals surface area contributed by atoms with Gasteiger partial charge in [-0.2, -0.15) is 0 Å². The van der Waals surface area contributed by atoms with Gasteiger partial charge in [0.15, 0.2) is 0 Å². The molecule has 19 heavy (non-hydrogen) atoms. The van der Waals surface area contributed by atoms with Crippen LogP contribution in [-0.4, -0.2) is 27.2 Å². The third kappa shape index (κ3) is 2.85. The number of hydrogen-bond donors (Lipinski definition) is 2. The van der Waals surface area contributed by atoms with E-state index in [-0.39, 0.29) is 6.04 Å². The topological polar surface area (TPSA) is 50.1 Å². The monoisotopic (exact) mass is 259 g/mol. The predicted molar refractivity (Wildman–Crippen MR) is 78.0 cm³/mol. The van der Waals surface area contributed by atoms with Crippen LogP contribution in [0.1, 0.15) is 25.0 Å². The van der Waals surface area contributed by atoms with Crippen molar-refractivity contribution in [3.63, 3.8) is 0 Å². The average molecular weight is 259 g/mol. The molecule has 0 saturated carbocycles. The van der Waals surface area contributed by atoms with Crippen molar-refractivity contribution >= 4 is 11.0 Å². The predicted octanol–water partition coefficient (Wildman–Crippen LogP) is 2.16. The molecule has 2 atom stereocenters. The molecule has 1 aromatic carbocycles. The molecule has 0 aliphatic carbocycles. The van der Waals surface area contributed by atoms with Crippen LogP contribution in [0.5, 0.6) is 0 Å². The first-order valence-corrected chi connectivity index (χ1v) is 6.60. The molecule has 0 amide bonds. The molecular weight excluding hydrogens is 238 g/mol. The number of aliphatic hydroxyl groups is 1. The molecular formula is C15H21N3O. The summed E-state index contributed by atoms with van der Waals surface area (Å²) < 4.78 is 1.97. The lowest BCUT2D eigenvalue weighted by molar-refractivity contribution is 0.128. The summed E-state index contributed by atoms with van der Waals surface area (Å²) in [5.41, 5.74) is 2.88. The summed E-state index contributed by atoms with van der Waals surface area (Å²) >= 11 is 0. The van der Waals surface area contributed by atoms with Gasteiger partial charge in [-0.1, -0.05) is 19.1 Å². The van der Waals surface area contributed by atoms with Crippen LogP contribution < -0.4 is 5.32 Å². The van der Waals surface area contributed by atoms with E-state index in [2.05, 4.69) is 23.8 Å². The van der Waals surface area contributed by atoms with Gasteiger partial charge in [-0.25, -0.2) is 4.98 Å². The SMILES string of the molecule is C=CCNC(CC)C(O)c1ccc2c(c1)ncn2C. The first-order chi connectivity index (χ1) is 9.17. The lowest BCUT2D eigenvalue weighted by Crippen LogP contribution is -2.34. The van der Waals surface area contributed by atoms with Crippen LogP contribution in [0, 0.1) is 0 Å². The first-order valence-electron chi connectivity index (χ1n) is 6.60. The van der Waals surface area contributed by atoms with Crippen molar-refractivity contribution in [1.82, 2.24) is 14.9 Å². The summed E-state index contributed by atoms with van der Waals surface area (Å²) in [5, 5.41) is 13.7. The number of benzene rings is 1. The van der Waals surface area contributed by atoms with Crippen molar-refractivity contribution in [2.24, 2.45) is 7.05 Å². The molecule has 2 N–H and O–H groups in total. The second kappa shape index (κ2) is 5.99. The lowest BCUT2D eigenvalue weighted by atomic mass is 10.00. The minimum atomic E-state index is -0.531. The fourth-order valence-electron chi connectivity index (χ4n) is 2.28. The van der Waals surface area contributed by atoms with Crippen LogP contribution in [-0.2, 0) is 7.05 Å². The maximum absolute atomic E-state index is 10.4. The molecule has 0 aliphatic rings. The molecule has 2 rings (SSSR count). The Morgan fingerprint density at radius 2 is 2.32 bits per heavy atom. The van der Waals surface area contributed by atoms with Crippen molar-refractivity contribution in [1.29, 1.82) is 0 Å². The van der Waals surface area contributed by atoms with Gasteiger partial charge in [0, 0.05) is 19.6 Å². The maximum atomic E-state index is 10.4. The number of rotatable bonds is 6. The number of imidazole rings is 1. The summed E-state index contributed by atoms with van der Waals surface area (Å²) in [5.74, 6) is 0. The lowest BCUT2D eigenvalue weighted by Gasteiger charge is -2.22. The number of aromatic nitrogens is 2. The Hall–Kier alpha value is -1.65. The van der Waals surface area contributed by atoms with Crippen LogP contribution >= 0.6 is 0 Å². The molecule has 0 bridgehead atoms.